The van der Waals surface area contributed by atoms with Gasteiger partial charge in [0.1, 0.15) is 11.9 Å². The summed E-state index contributed by atoms with van der Waals surface area (Å²) in [5.41, 5.74) is 2.26. The Morgan fingerprint density at radius 3 is 2.45 bits per heavy atom. The highest BCUT2D eigenvalue weighted by atomic mass is 19.1. The van der Waals surface area contributed by atoms with Gasteiger partial charge < -0.3 is 19.7 Å². The summed E-state index contributed by atoms with van der Waals surface area (Å²) in [6.07, 6.45) is 5.04. The molecule has 1 heterocycles. The second kappa shape index (κ2) is 12.1. The first kappa shape index (κ1) is 25.8. The summed E-state index contributed by atoms with van der Waals surface area (Å²) >= 11 is 0. The molecule has 0 aromatic heterocycles. The van der Waals surface area contributed by atoms with E-state index in [1.807, 2.05) is 48.5 Å². The molecule has 2 amide bonds. The topological polar surface area (TPSA) is 67.9 Å². The summed E-state index contributed by atoms with van der Waals surface area (Å²) in [4.78, 5) is 29.1. The standard InChI is InChI=1S/C31H33FN2O4/c32-26-13-7-4-10-24(26)20-34(30(35)17-15-23-14-16-28-29(19-23)38-21-37-28)27(18-22-8-2-1-3-9-22)31(36)33-25-11-5-6-12-25/h1-4,7-10,13-14,16,19,25,27H,5-6,11-12,15,17-18,20-21H2,(H,33,36)/t27-/m0/s1. The summed E-state index contributed by atoms with van der Waals surface area (Å²) in [6, 6.07) is 21.1. The SMILES string of the molecule is O=C(NC1CCCC1)[C@H](Cc1ccccc1)N(Cc1ccccc1F)C(=O)CCc1ccc2c(c1)OCO2. The average molecular weight is 517 g/mol. The van der Waals surface area contributed by atoms with Crippen LogP contribution < -0.4 is 14.8 Å². The van der Waals surface area contributed by atoms with Crippen molar-refractivity contribution >= 4 is 11.8 Å². The zero-order valence-corrected chi connectivity index (χ0v) is 21.4. The first-order valence-electron chi connectivity index (χ1n) is 13.3. The Balaban J connectivity index is 1.40. The van der Waals surface area contributed by atoms with Crippen LogP contribution in [0.5, 0.6) is 11.5 Å². The van der Waals surface area contributed by atoms with E-state index in [-0.39, 0.29) is 37.6 Å². The van der Waals surface area contributed by atoms with E-state index in [1.54, 1.807) is 23.1 Å². The smallest absolute Gasteiger partial charge is 0.243 e. The Morgan fingerprint density at radius 1 is 0.921 bits per heavy atom. The highest BCUT2D eigenvalue weighted by Crippen LogP contribution is 2.33. The van der Waals surface area contributed by atoms with E-state index in [2.05, 4.69) is 5.32 Å². The number of halogens is 1. The van der Waals surface area contributed by atoms with Gasteiger partial charge in [0.15, 0.2) is 11.5 Å². The van der Waals surface area contributed by atoms with Crippen molar-refractivity contribution in [2.45, 2.75) is 63.6 Å². The van der Waals surface area contributed by atoms with Gasteiger partial charge in [0.05, 0.1) is 0 Å². The maximum absolute atomic E-state index is 14.7. The maximum atomic E-state index is 14.7. The number of carbonyl (C=O) groups is 2. The molecule has 0 bridgehead atoms. The number of amides is 2. The van der Waals surface area contributed by atoms with Crippen LogP contribution in [-0.2, 0) is 29.0 Å². The number of aryl methyl sites for hydroxylation is 1. The lowest BCUT2D eigenvalue weighted by molar-refractivity contribution is -0.141. The van der Waals surface area contributed by atoms with Crippen LogP contribution in [0.4, 0.5) is 4.39 Å². The number of carbonyl (C=O) groups excluding carboxylic acids is 2. The second-order valence-corrected chi connectivity index (χ2v) is 10.00. The lowest BCUT2D eigenvalue weighted by Gasteiger charge is -2.32. The molecule has 198 valence electrons. The molecule has 6 nitrogen and oxygen atoms in total. The van der Waals surface area contributed by atoms with Crippen molar-refractivity contribution in [3.8, 4) is 11.5 Å². The number of benzene rings is 3. The molecule has 1 fully saturated rings. The molecule has 0 radical (unpaired) electrons. The molecule has 3 aromatic rings. The van der Waals surface area contributed by atoms with Gasteiger partial charge in [-0.25, -0.2) is 4.39 Å². The van der Waals surface area contributed by atoms with Crippen LogP contribution >= 0.6 is 0 Å². The monoisotopic (exact) mass is 516 g/mol. The minimum Gasteiger partial charge on any atom is -0.454 e. The summed E-state index contributed by atoms with van der Waals surface area (Å²) in [7, 11) is 0. The Bertz CT molecular complexity index is 1260. The summed E-state index contributed by atoms with van der Waals surface area (Å²) < 4.78 is 25.6. The minimum absolute atomic E-state index is 0.0161. The molecule has 5 rings (SSSR count). The van der Waals surface area contributed by atoms with Crippen LogP contribution in [0.1, 0.15) is 48.8 Å². The van der Waals surface area contributed by atoms with Gasteiger partial charge in [-0.05, 0) is 48.6 Å². The van der Waals surface area contributed by atoms with E-state index < -0.39 is 11.9 Å². The zero-order valence-electron chi connectivity index (χ0n) is 21.4. The molecule has 1 aliphatic carbocycles. The van der Waals surface area contributed by atoms with Crippen LogP contribution in [0.15, 0.2) is 72.8 Å². The molecule has 0 saturated heterocycles. The van der Waals surface area contributed by atoms with Gasteiger partial charge in [0.25, 0.3) is 0 Å². The van der Waals surface area contributed by atoms with Crippen LogP contribution in [0.2, 0.25) is 0 Å². The lowest BCUT2D eigenvalue weighted by Crippen LogP contribution is -2.52. The van der Waals surface area contributed by atoms with Crippen LogP contribution in [0.3, 0.4) is 0 Å². The molecule has 3 aromatic carbocycles. The first-order valence-corrected chi connectivity index (χ1v) is 13.3. The van der Waals surface area contributed by atoms with Gasteiger partial charge in [-0.3, -0.25) is 9.59 Å². The molecule has 2 aliphatic rings. The molecule has 0 unspecified atom stereocenters. The Hall–Kier alpha value is -3.87. The first-order chi connectivity index (χ1) is 18.6. The third-order valence-electron chi connectivity index (χ3n) is 7.34. The second-order valence-electron chi connectivity index (χ2n) is 10.00. The number of nitrogens with one attached hydrogen (secondary N) is 1. The third-order valence-corrected chi connectivity index (χ3v) is 7.34. The molecular weight excluding hydrogens is 483 g/mol. The van der Waals surface area contributed by atoms with Crippen molar-refractivity contribution in [3.63, 3.8) is 0 Å². The summed E-state index contributed by atoms with van der Waals surface area (Å²) in [5, 5.41) is 3.18. The van der Waals surface area contributed by atoms with Crippen molar-refractivity contribution in [1.29, 1.82) is 0 Å². The van der Waals surface area contributed by atoms with Crippen LogP contribution in [0.25, 0.3) is 0 Å². The maximum Gasteiger partial charge on any atom is 0.243 e. The third kappa shape index (κ3) is 6.33. The Labute approximate surface area is 222 Å². The minimum atomic E-state index is -0.762. The van der Waals surface area contributed by atoms with Crippen molar-refractivity contribution < 1.29 is 23.5 Å². The largest absolute Gasteiger partial charge is 0.454 e. The number of hydrogen-bond donors (Lipinski definition) is 1. The fourth-order valence-electron chi connectivity index (χ4n) is 5.22. The van der Waals surface area contributed by atoms with Crippen molar-refractivity contribution in [3.05, 3.63) is 95.3 Å². The van der Waals surface area contributed by atoms with E-state index in [9.17, 15) is 14.0 Å². The highest BCUT2D eigenvalue weighted by molar-refractivity contribution is 5.88. The average Bonchev–Trinajstić information content (AvgIpc) is 3.62. The number of ether oxygens (including phenoxy) is 2. The van der Waals surface area contributed by atoms with Crippen molar-refractivity contribution in [2.75, 3.05) is 6.79 Å². The predicted molar refractivity (Wildman–Crippen MR) is 142 cm³/mol. The number of rotatable bonds is 10. The molecule has 1 saturated carbocycles. The van der Waals surface area contributed by atoms with E-state index in [0.29, 0.717) is 29.9 Å². The van der Waals surface area contributed by atoms with E-state index >= 15 is 0 Å². The summed E-state index contributed by atoms with van der Waals surface area (Å²) in [6.45, 7) is 0.202. The predicted octanol–water partition coefficient (Wildman–Crippen LogP) is 5.19. The lowest BCUT2D eigenvalue weighted by atomic mass is 10.0. The van der Waals surface area contributed by atoms with Gasteiger partial charge in [0, 0.05) is 31.0 Å². The fraction of sp³-hybridized carbons (Fsp3) is 0.355. The van der Waals surface area contributed by atoms with Crippen LogP contribution in [0, 0.1) is 5.82 Å². The summed E-state index contributed by atoms with van der Waals surface area (Å²) in [5.74, 6) is 0.571. The number of fused-ring (bicyclic) bond motifs is 1. The molecule has 1 N–H and O–H groups in total. The van der Waals surface area contributed by atoms with Crippen LogP contribution in [-0.4, -0.2) is 35.6 Å². The Morgan fingerprint density at radius 2 is 1.66 bits per heavy atom. The molecule has 1 aliphatic heterocycles. The normalized spacial score (nSPS) is 15.3. The Kier molecular flexibility index (Phi) is 8.22. The molecule has 7 heteroatoms. The van der Waals surface area contributed by atoms with Crippen molar-refractivity contribution in [2.24, 2.45) is 0 Å². The molecule has 1 atom stereocenters. The quantitative estimate of drug-likeness (QED) is 0.403. The van der Waals surface area contributed by atoms with E-state index in [1.165, 1.54) is 6.07 Å². The van der Waals surface area contributed by atoms with Gasteiger partial charge in [-0.15, -0.1) is 0 Å². The molecule has 0 spiro atoms. The number of nitrogens with zero attached hydrogens (tertiary/aromatic N) is 1. The highest BCUT2D eigenvalue weighted by Gasteiger charge is 2.32. The van der Waals surface area contributed by atoms with Gasteiger partial charge in [-0.1, -0.05) is 67.4 Å². The van der Waals surface area contributed by atoms with E-state index in [0.717, 1.165) is 36.8 Å². The van der Waals surface area contributed by atoms with Crippen molar-refractivity contribution in [1.82, 2.24) is 10.2 Å². The van der Waals surface area contributed by atoms with Gasteiger partial charge >= 0.3 is 0 Å². The van der Waals surface area contributed by atoms with Gasteiger partial charge in [-0.2, -0.15) is 0 Å². The number of hydrogen-bond acceptors (Lipinski definition) is 4. The zero-order chi connectivity index (χ0) is 26.3. The molecule has 38 heavy (non-hydrogen) atoms. The molecular formula is C31H33FN2O4. The fourth-order valence-corrected chi connectivity index (χ4v) is 5.22. The van der Waals surface area contributed by atoms with Gasteiger partial charge in [0.2, 0.25) is 18.6 Å². The van der Waals surface area contributed by atoms with E-state index in [4.69, 9.17) is 9.47 Å².